The van der Waals surface area contributed by atoms with Crippen LogP contribution in [0.5, 0.6) is 0 Å². The number of nitrogens with one attached hydrogen (secondary N) is 1. The summed E-state index contributed by atoms with van der Waals surface area (Å²) in [4.78, 5) is 0. The van der Waals surface area contributed by atoms with Crippen molar-refractivity contribution in [1.82, 2.24) is 5.32 Å². The van der Waals surface area contributed by atoms with Crippen molar-refractivity contribution < 1.29 is 0 Å². The molecule has 0 saturated heterocycles. The molecule has 0 aliphatic carbocycles. The fourth-order valence-electron chi connectivity index (χ4n) is 2.55. The van der Waals surface area contributed by atoms with Gasteiger partial charge < -0.3 is 5.32 Å². The van der Waals surface area contributed by atoms with Crippen LogP contribution in [0, 0.1) is 17.8 Å². The Kier molecular flexibility index (Phi) is 9.91. The summed E-state index contributed by atoms with van der Waals surface area (Å²) in [6, 6.07) is 0.710. The van der Waals surface area contributed by atoms with Crippen molar-refractivity contribution in [1.29, 1.82) is 0 Å². The van der Waals surface area contributed by atoms with Crippen LogP contribution in [0.1, 0.15) is 73.6 Å². The van der Waals surface area contributed by atoms with Crippen molar-refractivity contribution in [2.75, 3.05) is 6.54 Å². The van der Waals surface area contributed by atoms with E-state index in [0.29, 0.717) is 6.04 Å². The van der Waals surface area contributed by atoms with Gasteiger partial charge in [-0.1, -0.05) is 67.2 Å². The molecule has 3 atom stereocenters. The summed E-state index contributed by atoms with van der Waals surface area (Å²) in [7, 11) is 0. The lowest BCUT2D eigenvalue weighted by atomic mass is 9.82. The molecule has 1 nitrogen and oxygen atoms in total. The minimum atomic E-state index is 0.710. The van der Waals surface area contributed by atoms with Crippen molar-refractivity contribution in [2.24, 2.45) is 17.8 Å². The first-order valence-electron chi connectivity index (χ1n) is 7.80. The molecule has 0 radical (unpaired) electrons. The van der Waals surface area contributed by atoms with Crippen LogP contribution in [0.15, 0.2) is 0 Å². The summed E-state index contributed by atoms with van der Waals surface area (Å²) in [6.45, 7) is 15.1. The van der Waals surface area contributed by atoms with Crippen LogP contribution in [0.3, 0.4) is 0 Å². The van der Waals surface area contributed by atoms with Gasteiger partial charge in [0.25, 0.3) is 0 Å². The molecule has 3 unspecified atom stereocenters. The van der Waals surface area contributed by atoms with Crippen molar-refractivity contribution in [3.8, 4) is 0 Å². The van der Waals surface area contributed by atoms with Crippen molar-refractivity contribution in [3.05, 3.63) is 0 Å². The lowest BCUT2D eigenvalue weighted by Crippen LogP contribution is -2.38. The maximum absolute atomic E-state index is 3.70. The highest BCUT2D eigenvalue weighted by Gasteiger charge is 2.22. The Bertz CT molecular complexity index is 165. The minimum Gasteiger partial charge on any atom is -0.314 e. The second-order valence-electron chi connectivity index (χ2n) is 5.92. The zero-order chi connectivity index (χ0) is 13.3. The third-order valence-electron chi connectivity index (χ3n) is 4.28. The highest BCUT2D eigenvalue weighted by Crippen LogP contribution is 2.25. The van der Waals surface area contributed by atoms with Gasteiger partial charge >= 0.3 is 0 Å². The van der Waals surface area contributed by atoms with E-state index in [9.17, 15) is 0 Å². The Hall–Kier alpha value is -0.0400. The normalized spacial score (nSPS) is 17.1. The fraction of sp³-hybridized carbons (Fsp3) is 1.00. The Labute approximate surface area is 110 Å². The van der Waals surface area contributed by atoms with Gasteiger partial charge in [0.2, 0.25) is 0 Å². The van der Waals surface area contributed by atoms with Crippen LogP contribution >= 0.6 is 0 Å². The second kappa shape index (κ2) is 9.94. The van der Waals surface area contributed by atoms with Crippen LogP contribution in [0.4, 0.5) is 0 Å². The van der Waals surface area contributed by atoms with Gasteiger partial charge in [0.1, 0.15) is 0 Å². The van der Waals surface area contributed by atoms with E-state index in [-0.39, 0.29) is 0 Å². The molecule has 0 aromatic rings. The average molecular weight is 241 g/mol. The van der Waals surface area contributed by atoms with Gasteiger partial charge in [-0.25, -0.2) is 0 Å². The van der Waals surface area contributed by atoms with Gasteiger partial charge in [0.05, 0.1) is 0 Å². The monoisotopic (exact) mass is 241 g/mol. The van der Waals surface area contributed by atoms with E-state index in [0.717, 1.165) is 24.3 Å². The first kappa shape index (κ1) is 17.0. The summed E-state index contributed by atoms with van der Waals surface area (Å²) in [5.41, 5.74) is 0. The molecule has 0 heterocycles. The van der Waals surface area contributed by atoms with Gasteiger partial charge in [0.15, 0.2) is 0 Å². The topological polar surface area (TPSA) is 12.0 Å². The average Bonchev–Trinajstić information content (AvgIpc) is 2.32. The highest BCUT2D eigenvalue weighted by molar-refractivity contribution is 4.78. The van der Waals surface area contributed by atoms with E-state index in [1.807, 2.05) is 0 Å². The molecule has 1 heteroatoms. The fourth-order valence-corrected chi connectivity index (χ4v) is 2.55. The maximum Gasteiger partial charge on any atom is 0.00976 e. The molecule has 0 aromatic heterocycles. The molecule has 0 aromatic carbocycles. The first-order valence-corrected chi connectivity index (χ1v) is 7.80. The SMILES string of the molecule is CCCCC(CC)CC(NCC)C(C)C(C)C. The maximum atomic E-state index is 3.70. The van der Waals surface area contributed by atoms with E-state index < -0.39 is 0 Å². The summed E-state index contributed by atoms with van der Waals surface area (Å²) >= 11 is 0. The van der Waals surface area contributed by atoms with Crippen LogP contribution in [0.2, 0.25) is 0 Å². The third-order valence-corrected chi connectivity index (χ3v) is 4.28. The van der Waals surface area contributed by atoms with E-state index >= 15 is 0 Å². The molecule has 104 valence electrons. The van der Waals surface area contributed by atoms with E-state index in [2.05, 4.69) is 46.9 Å². The molecule has 17 heavy (non-hydrogen) atoms. The minimum absolute atomic E-state index is 0.710. The molecule has 0 aliphatic heterocycles. The number of unbranched alkanes of at least 4 members (excludes halogenated alkanes) is 1. The summed E-state index contributed by atoms with van der Waals surface area (Å²) in [5.74, 6) is 2.48. The van der Waals surface area contributed by atoms with Gasteiger partial charge in [-0.05, 0) is 30.7 Å². The lowest BCUT2D eigenvalue weighted by Gasteiger charge is -2.31. The molecule has 0 rings (SSSR count). The smallest absolute Gasteiger partial charge is 0.00976 e. The zero-order valence-corrected chi connectivity index (χ0v) is 13.1. The Morgan fingerprint density at radius 2 is 1.65 bits per heavy atom. The van der Waals surface area contributed by atoms with E-state index in [4.69, 9.17) is 0 Å². The van der Waals surface area contributed by atoms with Gasteiger partial charge in [-0.15, -0.1) is 0 Å². The van der Waals surface area contributed by atoms with Crippen LogP contribution in [-0.2, 0) is 0 Å². The molecular formula is C16H35N. The highest BCUT2D eigenvalue weighted by atomic mass is 14.9. The third kappa shape index (κ3) is 7.08. The first-order chi connectivity index (χ1) is 8.06. The second-order valence-corrected chi connectivity index (χ2v) is 5.92. The molecular weight excluding hydrogens is 206 g/mol. The lowest BCUT2D eigenvalue weighted by molar-refractivity contribution is 0.246. The molecule has 0 aliphatic rings. The zero-order valence-electron chi connectivity index (χ0n) is 13.1. The molecule has 1 N–H and O–H groups in total. The van der Waals surface area contributed by atoms with Crippen LogP contribution < -0.4 is 5.32 Å². The van der Waals surface area contributed by atoms with Crippen LogP contribution in [0.25, 0.3) is 0 Å². The predicted octanol–water partition coefficient (Wildman–Crippen LogP) is 4.86. The summed E-state index contributed by atoms with van der Waals surface area (Å²) < 4.78 is 0. The predicted molar refractivity (Wildman–Crippen MR) is 79.4 cm³/mol. The van der Waals surface area contributed by atoms with Crippen molar-refractivity contribution in [2.45, 2.75) is 79.7 Å². The largest absolute Gasteiger partial charge is 0.314 e. The van der Waals surface area contributed by atoms with Gasteiger partial charge in [-0.2, -0.15) is 0 Å². The molecule has 0 fully saturated rings. The molecule has 0 bridgehead atoms. The standard InChI is InChI=1S/C16H35N/c1-7-10-11-15(8-2)12-16(17-9-3)14(6)13(4)5/h13-17H,7-12H2,1-6H3. The Morgan fingerprint density at radius 3 is 2.06 bits per heavy atom. The summed E-state index contributed by atoms with van der Waals surface area (Å²) in [5, 5.41) is 3.70. The van der Waals surface area contributed by atoms with Crippen LogP contribution in [-0.4, -0.2) is 12.6 Å². The Morgan fingerprint density at radius 1 is 1.00 bits per heavy atom. The number of rotatable bonds is 10. The van der Waals surface area contributed by atoms with Crippen molar-refractivity contribution >= 4 is 0 Å². The van der Waals surface area contributed by atoms with E-state index in [1.54, 1.807) is 0 Å². The summed E-state index contributed by atoms with van der Waals surface area (Å²) in [6.07, 6.45) is 6.85. The molecule has 0 amide bonds. The molecule has 0 saturated carbocycles. The Balaban J connectivity index is 4.28. The number of hydrogen-bond acceptors (Lipinski definition) is 1. The number of hydrogen-bond donors (Lipinski definition) is 1. The van der Waals surface area contributed by atoms with E-state index in [1.165, 1.54) is 32.1 Å². The quantitative estimate of drug-likeness (QED) is 0.576. The van der Waals surface area contributed by atoms with Gasteiger partial charge in [-0.3, -0.25) is 0 Å². The van der Waals surface area contributed by atoms with Crippen molar-refractivity contribution in [3.63, 3.8) is 0 Å². The molecule has 0 spiro atoms. The van der Waals surface area contributed by atoms with Gasteiger partial charge in [0, 0.05) is 6.04 Å².